The Labute approximate surface area is 91.7 Å². The SMILES string of the molecule is O=C(O)c1nc(CNC2CC=CC2)cs1. The summed E-state index contributed by atoms with van der Waals surface area (Å²) in [6, 6.07) is 0.486. The lowest BCUT2D eigenvalue weighted by Gasteiger charge is -2.09. The standard InChI is InChI=1S/C10H12N2O2S/c13-10(14)9-12-8(6-15-9)5-11-7-3-1-2-4-7/h1-2,6-7,11H,3-5H2,(H,13,14). The van der Waals surface area contributed by atoms with Gasteiger partial charge in [-0.3, -0.25) is 0 Å². The fourth-order valence-corrected chi connectivity index (χ4v) is 2.17. The first kappa shape index (κ1) is 10.3. The van der Waals surface area contributed by atoms with Crippen LogP contribution in [0.2, 0.25) is 0 Å². The van der Waals surface area contributed by atoms with E-state index in [1.165, 1.54) is 11.3 Å². The van der Waals surface area contributed by atoms with Crippen molar-refractivity contribution in [2.45, 2.75) is 25.4 Å². The molecule has 1 aromatic heterocycles. The number of carboxylic acids is 1. The Balaban J connectivity index is 1.85. The third kappa shape index (κ3) is 2.64. The summed E-state index contributed by atoms with van der Waals surface area (Å²) < 4.78 is 0. The molecule has 0 amide bonds. The fourth-order valence-electron chi connectivity index (χ4n) is 1.52. The van der Waals surface area contributed by atoms with Gasteiger partial charge in [0.05, 0.1) is 5.69 Å². The van der Waals surface area contributed by atoms with E-state index in [1.54, 1.807) is 5.38 Å². The van der Waals surface area contributed by atoms with Gasteiger partial charge in [-0.2, -0.15) is 0 Å². The Hall–Kier alpha value is -1.20. The normalized spacial score (nSPS) is 16.0. The molecule has 0 aliphatic heterocycles. The van der Waals surface area contributed by atoms with E-state index in [9.17, 15) is 4.79 Å². The lowest BCUT2D eigenvalue weighted by atomic mass is 10.2. The maximum absolute atomic E-state index is 10.6. The second kappa shape index (κ2) is 4.55. The average molecular weight is 224 g/mol. The van der Waals surface area contributed by atoms with Crippen LogP contribution in [0.25, 0.3) is 0 Å². The number of hydrogen-bond acceptors (Lipinski definition) is 4. The Morgan fingerprint density at radius 1 is 1.60 bits per heavy atom. The predicted octanol–water partition coefficient (Wildman–Crippen LogP) is 1.65. The molecule has 0 aromatic carbocycles. The summed E-state index contributed by atoms with van der Waals surface area (Å²) in [5.41, 5.74) is 0.810. The van der Waals surface area contributed by atoms with Crippen LogP contribution < -0.4 is 5.32 Å². The number of thiazole rings is 1. The van der Waals surface area contributed by atoms with Gasteiger partial charge in [-0.1, -0.05) is 12.2 Å². The van der Waals surface area contributed by atoms with E-state index >= 15 is 0 Å². The van der Waals surface area contributed by atoms with Crippen LogP contribution in [0.5, 0.6) is 0 Å². The van der Waals surface area contributed by atoms with E-state index in [4.69, 9.17) is 5.11 Å². The summed E-state index contributed by atoms with van der Waals surface area (Å²) in [5, 5.41) is 14.0. The Bertz CT molecular complexity index is 379. The van der Waals surface area contributed by atoms with Crippen LogP contribution in [0.4, 0.5) is 0 Å². The molecule has 80 valence electrons. The fraction of sp³-hybridized carbons (Fsp3) is 0.400. The maximum atomic E-state index is 10.6. The summed E-state index contributed by atoms with van der Waals surface area (Å²) in [6.07, 6.45) is 6.41. The summed E-state index contributed by atoms with van der Waals surface area (Å²) in [7, 11) is 0. The molecule has 0 unspecified atom stereocenters. The van der Waals surface area contributed by atoms with Crippen molar-refractivity contribution in [1.29, 1.82) is 0 Å². The minimum Gasteiger partial charge on any atom is -0.476 e. The highest BCUT2D eigenvalue weighted by Gasteiger charge is 2.12. The zero-order valence-corrected chi connectivity index (χ0v) is 8.96. The molecule has 1 aliphatic carbocycles. The second-order valence-corrected chi connectivity index (χ2v) is 4.33. The molecule has 0 spiro atoms. The van der Waals surface area contributed by atoms with Gasteiger partial charge in [-0.05, 0) is 12.8 Å². The first-order chi connectivity index (χ1) is 7.25. The largest absolute Gasteiger partial charge is 0.476 e. The molecule has 1 aliphatic rings. The van der Waals surface area contributed by atoms with E-state index in [0.717, 1.165) is 18.5 Å². The molecule has 0 saturated heterocycles. The van der Waals surface area contributed by atoms with Crippen LogP contribution in [-0.2, 0) is 6.54 Å². The van der Waals surface area contributed by atoms with E-state index in [1.807, 2.05) is 0 Å². The maximum Gasteiger partial charge on any atom is 0.365 e. The number of carboxylic acid groups (broad SMARTS) is 1. The van der Waals surface area contributed by atoms with Crippen molar-refractivity contribution in [3.05, 3.63) is 28.2 Å². The van der Waals surface area contributed by atoms with Crippen LogP contribution in [-0.4, -0.2) is 22.1 Å². The van der Waals surface area contributed by atoms with Crippen molar-refractivity contribution in [2.24, 2.45) is 0 Å². The van der Waals surface area contributed by atoms with E-state index < -0.39 is 5.97 Å². The monoisotopic (exact) mass is 224 g/mol. The Kier molecular flexibility index (Phi) is 3.13. The first-order valence-electron chi connectivity index (χ1n) is 4.82. The number of hydrogen-bond donors (Lipinski definition) is 2. The van der Waals surface area contributed by atoms with Crippen LogP contribution >= 0.6 is 11.3 Å². The minimum absolute atomic E-state index is 0.163. The molecule has 15 heavy (non-hydrogen) atoms. The van der Waals surface area contributed by atoms with E-state index in [2.05, 4.69) is 22.5 Å². The third-order valence-corrected chi connectivity index (χ3v) is 3.19. The summed E-state index contributed by atoms with van der Waals surface area (Å²) in [4.78, 5) is 14.6. The molecular weight excluding hydrogens is 212 g/mol. The van der Waals surface area contributed by atoms with Gasteiger partial charge in [0, 0.05) is 18.0 Å². The van der Waals surface area contributed by atoms with Crippen LogP contribution in [0.3, 0.4) is 0 Å². The number of aromatic nitrogens is 1. The minimum atomic E-state index is -0.950. The molecule has 0 radical (unpaired) electrons. The van der Waals surface area contributed by atoms with E-state index in [-0.39, 0.29) is 5.01 Å². The Morgan fingerprint density at radius 2 is 2.33 bits per heavy atom. The molecular formula is C10H12N2O2S. The predicted molar refractivity (Wildman–Crippen MR) is 58.1 cm³/mol. The molecule has 0 saturated carbocycles. The van der Waals surface area contributed by atoms with Gasteiger partial charge in [0.1, 0.15) is 0 Å². The van der Waals surface area contributed by atoms with Gasteiger partial charge >= 0.3 is 5.97 Å². The summed E-state index contributed by atoms with van der Waals surface area (Å²) in [5.74, 6) is -0.950. The number of nitrogens with zero attached hydrogens (tertiary/aromatic N) is 1. The number of carbonyl (C=O) groups is 1. The zero-order chi connectivity index (χ0) is 10.7. The smallest absolute Gasteiger partial charge is 0.365 e. The van der Waals surface area contributed by atoms with Crippen molar-refractivity contribution >= 4 is 17.3 Å². The molecule has 0 bridgehead atoms. The lowest BCUT2D eigenvalue weighted by molar-refractivity contribution is 0.0696. The van der Waals surface area contributed by atoms with Crippen LogP contribution in [0.15, 0.2) is 17.5 Å². The molecule has 1 heterocycles. The van der Waals surface area contributed by atoms with E-state index in [0.29, 0.717) is 12.6 Å². The first-order valence-corrected chi connectivity index (χ1v) is 5.70. The molecule has 4 nitrogen and oxygen atoms in total. The molecule has 1 aromatic rings. The highest BCUT2D eigenvalue weighted by Crippen LogP contribution is 2.12. The number of rotatable bonds is 4. The van der Waals surface area contributed by atoms with Gasteiger partial charge in [0.2, 0.25) is 5.01 Å². The summed E-state index contributed by atoms with van der Waals surface area (Å²) in [6.45, 7) is 0.649. The van der Waals surface area contributed by atoms with Gasteiger partial charge in [0.15, 0.2) is 0 Å². The highest BCUT2D eigenvalue weighted by atomic mass is 32.1. The topological polar surface area (TPSA) is 62.2 Å². The summed E-state index contributed by atoms with van der Waals surface area (Å²) >= 11 is 1.17. The highest BCUT2D eigenvalue weighted by molar-refractivity contribution is 7.11. The van der Waals surface area contributed by atoms with Crippen LogP contribution in [0, 0.1) is 0 Å². The van der Waals surface area contributed by atoms with Crippen molar-refractivity contribution < 1.29 is 9.90 Å². The molecule has 2 N–H and O–H groups in total. The van der Waals surface area contributed by atoms with Crippen molar-refractivity contribution in [1.82, 2.24) is 10.3 Å². The average Bonchev–Trinajstić information content (AvgIpc) is 2.86. The molecule has 2 rings (SSSR count). The van der Waals surface area contributed by atoms with Gasteiger partial charge < -0.3 is 10.4 Å². The van der Waals surface area contributed by atoms with Gasteiger partial charge in [-0.15, -0.1) is 11.3 Å². The zero-order valence-electron chi connectivity index (χ0n) is 8.14. The van der Waals surface area contributed by atoms with Crippen molar-refractivity contribution in [3.63, 3.8) is 0 Å². The lowest BCUT2D eigenvalue weighted by Crippen LogP contribution is -2.25. The van der Waals surface area contributed by atoms with Crippen molar-refractivity contribution in [2.75, 3.05) is 0 Å². The molecule has 0 atom stereocenters. The van der Waals surface area contributed by atoms with Crippen LogP contribution in [0.1, 0.15) is 28.3 Å². The molecule has 0 fully saturated rings. The number of aromatic carboxylic acids is 1. The van der Waals surface area contributed by atoms with Gasteiger partial charge in [-0.25, -0.2) is 9.78 Å². The second-order valence-electron chi connectivity index (χ2n) is 3.47. The van der Waals surface area contributed by atoms with Crippen molar-refractivity contribution in [3.8, 4) is 0 Å². The molecule has 5 heteroatoms. The third-order valence-electron chi connectivity index (χ3n) is 2.31. The number of nitrogens with one attached hydrogen (secondary N) is 1. The Morgan fingerprint density at radius 3 is 2.93 bits per heavy atom. The quantitative estimate of drug-likeness (QED) is 0.763. The van der Waals surface area contributed by atoms with Gasteiger partial charge in [0.25, 0.3) is 0 Å².